The van der Waals surface area contributed by atoms with Crippen molar-refractivity contribution in [3.63, 3.8) is 0 Å². The van der Waals surface area contributed by atoms with Crippen molar-refractivity contribution in [1.29, 1.82) is 0 Å². The molecule has 0 saturated heterocycles. The molecule has 0 saturated carbocycles. The van der Waals surface area contributed by atoms with E-state index in [0.717, 1.165) is 0 Å². The lowest BCUT2D eigenvalue weighted by molar-refractivity contribution is 0.355. The molecule has 0 spiro atoms. The number of methoxy groups -OCH3 is 2. The zero-order valence-corrected chi connectivity index (χ0v) is 9.22. The third-order valence-corrected chi connectivity index (χ3v) is 2.31. The zero-order chi connectivity index (χ0) is 11.7. The summed E-state index contributed by atoms with van der Waals surface area (Å²) in [5.41, 5.74) is 0.270. The van der Waals surface area contributed by atoms with Crippen LogP contribution in [-0.4, -0.2) is 29.2 Å². The number of aryl methyl sites for hydroxylation is 1. The lowest BCUT2D eigenvalue weighted by atomic mass is 10.2. The normalized spacial score (nSPS) is 10.4. The summed E-state index contributed by atoms with van der Waals surface area (Å²) in [7, 11) is 4.59. The Hall–Kier alpha value is -2.11. The molecule has 1 aromatic carbocycles. The van der Waals surface area contributed by atoms with Crippen molar-refractivity contribution in [3.05, 3.63) is 22.5 Å². The Morgan fingerprint density at radius 3 is 2.44 bits per heavy atom. The summed E-state index contributed by atoms with van der Waals surface area (Å²) in [6.45, 7) is 0. The second kappa shape index (κ2) is 3.80. The van der Waals surface area contributed by atoms with Gasteiger partial charge in [-0.1, -0.05) is 5.21 Å². The lowest BCUT2D eigenvalue weighted by Crippen LogP contribution is -2.20. The average molecular weight is 221 g/mol. The highest BCUT2D eigenvalue weighted by Crippen LogP contribution is 2.29. The molecule has 0 radical (unpaired) electrons. The Morgan fingerprint density at radius 2 is 1.81 bits per heavy atom. The number of aromatic nitrogens is 3. The van der Waals surface area contributed by atoms with E-state index in [0.29, 0.717) is 22.4 Å². The Morgan fingerprint density at radius 1 is 1.19 bits per heavy atom. The van der Waals surface area contributed by atoms with Crippen LogP contribution in [0.2, 0.25) is 0 Å². The van der Waals surface area contributed by atoms with E-state index in [1.54, 1.807) is 19.2 Å². The van der Waals surface area contributed by atoms with Crippen molar-refractivity contribution in [3.8, 4) is 11.5 Å². The van der Waals surface area contributed by atoms with Crippen molar-refractivity contribution in [2.24, 2.45) is 7.05 Å². The molecule has 1 heterocycles. The van der Waals surface area contributed by atoms with Crippen molar-refractivity contribution in [1.82, 2.24) is 15.0 Å². The monoisotopic (exact) mass is 221 g/mol. The van der Waals surface area contributed by atoms with Crippen LogP contribution < -0.4 is 15.0 Å². The Bertz CT molecular complexity index is 592. The van der Waals surface area contributed by atoms with Crippen molar-refractivity contribution < 1.29 is 9.47 Å². The molecule has 6 heteroatoms. The molecule has 1 aromatic heterocycles. The summed E-state index contributed by atoms with van der Waals surface area (Å²) in [6, 6.07) is 3.23. The van der Waals surface area contributed by atoms with Gasteiger partial charge in [0.2, 0.25) is 0 Å². The molecule has 0 atom stereocenters. The number of hydrogen-bond donors (Lipinski definition) is 0. The summed E-state index contributed by atoms with van der Waals surface area (Å²) in [5.74, 6) is 1.03. The van der Waals surface area contributed by atoms with E-state index in [1.165, 1.54) is 18.9 Å². The molecule has 0 amide bonds. The fourth-order valence-corrected chi connectivity index (χ4v) is 1.45. The predicted molar refractivity (Wildman–Crippen MR) is 57.9 cm³/mol. The molecule has 16 heavy (non-hydrogen) atoms. The molecule has 0 fully saturated rings. The summed E-state index contributed by atoms with van der Waals surface area (Å²) < 4.78 is 11.4. The van der Waals surface area contributed by atoms with Gasteiger partial charge in [-0.25, -0.2) is 4.68 Å². The van der Waals surface area contributed by atoms with Gasteiger partial charge in [-0.15, -0.1) is 5.10 Å². The van der Waals surface area contributed by atoms with Gasteiger partial charge in [0.15, 0.2) is 11.5 Å². The fourth-order valence-electron chi connectivity index (χ4n) is 1.45. The standard InChI is InChI=1S/C10H11N3O3/c1-13-10(14)6-4-8(15-2)9(16-3)5-7(6)11-12-13/h4-5H,1-3H3. The van der Waals surface area contributed by atoms with Gasteiger partial charge in [-0.05, 0) is 6.07 Å². The van der Waals surface area contributed by atoms with E-state index in [9.17, 15) is 4.79 Å². The second-order valence-corrected chi connectivity index (χ2v) is 3.24. The smallest absolute Gasteiger partial charge is 0.277 e. The fraction of sp³-hybridized carbons (Fsp3) is 0.300. The summed E-state index contributed by atoms with van der Waals surface area (Å²) >= 11 is 0. The number of benzene rings is 1. The first-order valence-corrected chi connectivity index (χ1v) is 4.63. The third kappa shape index (κ3) is 1.48. The third-order valence-electron chi connectivity index (χ3n) is 2.31. The Labute approximate surface area is 91.4 Å². The quantitative estimate of drug-likeness (QED) is 0.731. The van der Waals surface area contributed by atoms with Crippen LogP contribution in [0.15, 0.2) is 16.9 Å². The van der Waals surface area contributed by atoms with Crippen molar-refractivity contribution in [2.45, 2.75) is 0 Å². The minimum Gasteiger partial charge on any atom is -0.493 e. The van der Waals surface area contributed by atoms with Crippen LogP contribution in [0.25, 0.3) is 10.9 Å². The first kappa shape index (κ1) is 10.4. The zero-order valence-electron chi connectivity index (χ0n) is 9.22. The number of ether oxygens (including phenoxy) is 2. The maximum absolute atomic E-state index is 11.8. The predicted octanol–water partition coefficient (Wildman–Crippen LogP) is 0.346. The summed E-state index contributed by atoms with van der Waals surface area (Å²) in [6.07, 6.45) is 0. The molecule has 0 aliphatic heterocycles. The molecule has 0 aliphatic rings. The van der Waals surface area contributed by atoms with Crippen molar-refractivity contribution in [2.75, 3.05) is 14.2 Å². The molecule has 0 aliphatic carbocycles. The summed E-state index contributed by atoms with van der Waals surface area (Å²) in [5, 5.41) is 8.05. The molecule has 6 nitrogen and oxygen atoms in total. The van der Waals surface area contributed by atoms with E-state index in [1.807, 2.05) is 0 Å². The van der Waals surface area contributed by atoms with Crippen LogP contribution >= 0.6 is 0 Å². The van der Waals surface area contributed by atoms with Crippen LogP contribution in [0.4, 0.5) is 0 Å². The van der Waals surface area contributed by atoms with E-state index in [4.69, 9.17) is 9.47 Å². The Kier molecular flexibility index (Phi) is 2.47. The van der Waals surface area contributed by atoms with Crippen LogP contribution in [0, 0.1) is 0 Å². The number of hydrogen-bond acceptors (Lipinski definition) is 5. The maximum atomic E-state index is 11.8. The molecule has 2 rings (SSSR count). The van der Waals surface area contributed by atoms with E-state index in [2.05, 4.69) is 10.3 Å². The van der Waals surface area contributed by atoms with Gasteiger partial charge in [0.25, 0.3) is 5.56 Å². The van der Waals surface area contributed by atoms with Gasteiger partial charge in [0.1, 0.15) is 5.52 Å². The van der Waals surface area contributed by atoms with E-state index < -0.39 is 0 Å². The number of rotatable bonds is 2. The second-order valence-electron chi connectivity index (χ2n) is 3.24. The molecular formula is C10H11N3O3. The minimum atomic E-state index is -0.217. The lowest BCUT2D eigenvalue weighted by Gasteiger charge is -2.08. The molecule has 0 bridgehead atoms. The highest BCUT2D eigenvalue weighted by molar-refractivity contribution is 5.81. The molecular weight excluding hydrogens is 210 g/mol. The topological polar surface area (TPSA) is 66.2 Å². The van der Waals surface area contributed by atoms with Crippen LogP contribution in [0.5, 0.6) is 11.5 Å². The van der Waals surface area contributed by atoms with Gasteiger partial charge in [0.05, 0.1) is 19.6 Å². The van der Waals surface area contributed by atoms with Gasteiger partial charge in [-0.3, -0.25) is 4.79 Å². The van der Waals surface area contributed by atoms with E-state index in [-0.39, 0.29) is 5.56 Å². The van der Waals surface area contributed by atoms with Crippen molar-refractivity contribution >= 4 is 10.9 Å². The number of fused-ring (bicyclic) bond motifs is 1. The first-order valence-electron chi connectivity index (χ1n) is 4.63. The largest absolute Gasteiger partial charge is 0.493 e. The Balaban J connectivity index is 2.84. The average Bonchev–Trinajstić information content (AvgIpc) is 2.32. The van der Waals surface area contributed by atoms with Crippen LogP contribution in [0.3, 0.4) is 0 Å². The van der Waals surface area contributed by atoms with E-state index >= 15 is 0 Å². The van der Waals surface area contributed by atoms with Gasteiger partial charge in [0, 0.05) is 13.1 Å². The van der Waals surface area contributed by atoms with Crippen LogP contribution in [0.1, 0.15) is 0 Å². The highest BCUT2D eigenvalue weighted by atomic mass is 16.5. The SMILES string of the molecule is COc1cc2nnn(C)c(=O)c2cc1OC. The molecule has 0 unspecified atom stereocenters. The maximum Gasteiger partial charge on any atom is 0.277 e. The molecule has 84 valence electrons. The first-order chi connectivity index (χ1) is 7.67. The minimum absolute atomic E-state index is 0.217. The van der Waals surface area contributed by atoms with Gasteiger partial charge >= 0.3 is 0 Å². The molecule has 2 aromatic rings. The molecule has 0 N–H and O–H groups in total. The van der Waals surface area contributed by atoms with Gasteiger partial charge in [-0.2, -0.15) is 0 Å². The highest BCUT2D eigenvalue weighted by Gasteiger charge is 2.10. The summed E-state index contributed by atoms with van der Waals surface area (Å²) in [4.78, 5) is 11.8. The number of nitrogens with zero attached hydrogens (tertiary/aromatic N) is 3. The van der Waals surface area contributed by atoms with Crippen LogP contribution in [-0.2, 0) is 7.05 Å². The van der Waals surface area contributed by atoms with Gasteiger partial charge < -0.3 is 9.47 Å².